The van der Waals surface area contributed by atoms with E-state index in [4.69, 9.17) is 4.74 Å². The summed E-state index contributed by atoms with van der Waals surface area (Å²) in [7, 11) is 0. The summed E-state index contributed by atoms with van der Waals surface area (Å²) in [4.78, 5) is 0. The van der Waals surface area contributed by atoms with Crippen LogP contribution in [-0.2, 0) is 11.8 Å². The summed E-state index contributed by atoms with van der Waals surface area (Å²) in [6.07, 6.45) is 0.934. The van der Waals surface area contributed by atoms with Gasteiger partial charge in [0.15, 0.2) is 0 Å². The Balaban J connectivity index is 1.42. The average Bonchev–Trinajstić information content (AvgIpc) is 2.77. The van der Waals surface area contributed by atoms with Gasteiger partial charge >= 0.3 is 0 Å². The maximum absolute atomic E-state index is 6.09. The molecule has 4 aromatic carbocycles. The van der Waals surface area contributed by atoms with Crippen LogP contribution in [0.1, 0.15) is 47.2 Å². The zero-order chi connectivity index (χ0) is 21.8. The summed E-state index contributed by atoms with van der Waals surface area (Å²) in [5.41, 5.74) is 7.73. The van der Waals surface area contributed by atoms with Crippen LogP contribution in [-0.4, -0.2) is 0 Å². The number of benzene rings is 4. The predicted molar refractivity (Wildman–Crippen MR) is 130 cm³/mol. The molecule has 0 spiro atoms. The Kier molecular flexibility index (Phi) is 5.95. The summed E-state index contributed by atoms with van der Waals surface area (Å²) in [5, 5.41) is 0. The lowest BCUT2D eigenvalue weighted by Gasteiger charge is -2.26. The molecule has 0 amide bonds. The van der Waals surface area contributed by atoms with E-state index in [9.17, 15) is 0 Å². The Hall–Kier alpha value is -3.32. The van der Waals surface area contributed by atoms with E-state index < -0.39 is 0 Å². The van der Waals surface area contributed by atoms with Crippen molar-refractivity contribution >= 4 is 0 Å². The number of hydrogen-bond donors (Lipinski definition) is 0. The van der Waals surface area contributed by atoms with Gasteiger partial charge in [-0.25, -0.2) is 0 Å². The molecular formula is C30H30O. The average molecular weight is 407 g/mol. The Labute approximate surface area is 186 Å². The van der Waals surface area contributed by atoms with E-state index in [0.717, 1.165) is 17.9 Å². The van der Waals surface area contributed by atoms with Gasteiger partial charge in [-0.15, -0.1) is 0 Å². The molecule has 0 aliphatic heterocycles. The third kappa shape index (κ3) is 5.06. The highest BCUT2D eigenvalue weighted by Gasteiger charge is 2.22. The van der Waals surface area contributed by atoms with Crippen LogP contribution in [0.5, 0.6) is 11.5 Å². The quantitative estimate of drug-likeness (QED) is 0.315. The van der Waals surface area contributed by atoms with Gasteiger partial charge in [-0.2, -0.15) is 0 Å². The molecule has 0 fully saturated rings. The van der Waals surface area contributed by atoms with Crippen LogP contribution < -0.4 is 4.74 Å². The van der Waals surface area contributed by atoms with E-state index in [1.807, 2.05) is 12.1 Å². The standard InChI is InChI=1S/C30H30O/c1-22-5-9-24(10-6-22)21-25-11-17-28(18-12-25)31-29-19-15-27(16-20-29)30(3,4)26-13-7-23(2)8-14-26/h5-20H,21H2,1-4H3. The third-order valence-corrected chi connectivity index (χ3v) is 6.04. The molecule has 0 saturated heterocycles. The molecule has 0 unspecified atom stereocenters. The van der Waals surface area contributed by atoms with E-state index >= 15 is 0 Å². The first kappa shape index (κ1) is 20.9. The molecule has 0 radical (unpaired) electrons. The lowest BCUT2D eigenvalue weighted by atomic mass is 9.78. The molecule has 0 atom stereocenters. The van der Waals surface area contributed by atoms with Gasteiger partial charge in [0.05, 0.1) is 0 Å². The normalized spacial score (nSPS) is 11.4. The van der Waals surface area contributed by atoms with Gasteiger partial charge in [-0.1, -0.05) is 97.8 Å². The zero-order valence-corrected chi connectivity index (χ0v) is 18.9. The minimum absolute atomic E-state index is 0.0517. The molecule has 31 heavy (non-hydrogen) atoms. The Morgan fingerprint density at radius 2 is 0.871 bits per heavy atom. The topological polar surface area (TPSA) is 9.23 Å². The molecule has 0 saturated carbocycles. The summed E-state index contributed by atoms with van der Waals surface area (Å²) < 4.78 is 6.09. The molecule has 4 aromatic rings. The SMILES string of the molecule is Cc1ccc(Cc2ccc(Oc3ccc(C(C)(C)c4ccc(C)cc4)cc3)cc2)cc1. The zero-order valence-electron chi connectivity index (χ0n) is 18.9. The highest BCUT2D eigenvalue weighted by molar-refractivity contribution is 5.42. The molecule has 0 bridgehead atoms. The van der Waals surface area contributed by atoms with Crippen LogP contribution in [0.25, 0.3) is 0 Å². The maximum Gasteiger partial charge on any atom is 0.127 e. The number of hydrogen-bond acceptors (Lipinski definition) is 1. The number of aryl methyl sites for hydroxylation is 2. The van der Waals surface area contributed by atoms with E-state index in [2.05, 4.69) is 113 Å². The molecule has 0 heterocycles. The van der Waals surface area contributed by atoms with Gasteiger partial charge in [0.1, 0.15) is 11.5 Å². The van der Waals surface area contributed by atoms with Gasteiger partial charge in [0, 0.05) is 5.41 Å². The lowest BCUT2D eigenvalue weighted by Crippen LogP contribution is -2.18. The van der Waals surface area contributed by atoms with Gasteiger partial charge in [0.2, 0.25) is 0 Å². The summed E-state index contributed by atoms with van der Waals surface area (Å²) >= 11 is 0. The highest BCUT2D eigenvalue weighted by atomic mass is 16.5. The molecule has 156 valence electrons. The molecular weight excluding hydrogens is 376 g/mol. The van der Waals surface area contributed by atoms with Gasteiger partial charge in [-0.05, 0) is 66.8 Å². The fourth-order valence-electron chi connectivity index (χ4n) is 3.83. The van der Waals surface area contributed by atoms with Crippen LogP contribution in [0, 0.1) is 13.8 Å². The van der Waals surface area contributed by atoms with Gasteiger partial charge < -0.3 is 4.74 Å². The van der Waals surface area contributed by atoms with E-state index in [1.165, 1.54) is 33.4 Å². The van der Waals surface area contributed by atoms with Crippen LogP contribution >= 0.6 is 0 Å². The van der Waals surface area contributed by atoms with Crippen molar-refractivity contribution in [1.29, 1.82) is 0 Å². The third-order valence-electron chi connectivity index (χ3n) is 6.04. The van der Waals surface area contributed by atoms with E-state index in [-0.39, 0.29) is 5.41 Å². The summed E-state index contributed by atoms with van der Waals surface area (Å²) in [6, 6.07) is 34.4. The fraction of sp³-hybridized carbons (Fsp3) is 0.200. The monoisotopic (exact) mass is 406 g/mol. The molecule has 0 aromatic heterocycles. The fourth-order valence-corrected chi connectivity index (χ4v) is 3.83. The molecule has 0 aliphatic rings. The Morgan fingerprint density at radius 1 is 0.516 bits per heavy atom. The smallest absolute Gasteiger partial charge is 0.127 e. The molecule has 0 N–H and O–H groups in total. The van der Waals surface area contributed by atoms with Crippen molar-refractivity contribution in [2.75, 3.05) is 0 Å². The molecule has 0 aliphatic carbocycles. The first-order chi connectivity index (χ1) is 14.9. The Bertz CT molecular complexity index is 1120. The number of ether oxygens (including phenoxy) is 1. The predicted octanol–water partition coefficient (Wildman–Crippen LogP) is 8.01. The molecule has 1 nitrogen and oxygen atoms in total. The highest BCUT2D eigenvalue weighted by Crippen LogP contribution is 2.33. The minimum atomic E-state index is -0.0517. The van der Waals surface area contributed by atoms with E-state index in [1.54, 1.807) is 0 Å². The van der Waals surface area contributed by atoms with Gasteiger partial charge in [-0.3, -0.25) is 0 Å². The van der Waals surface area contributed by atoms with Gasteiger partial charge in [0.25, 0.3) is 0 Å². The van der Waals surface area contributed by atoms with E-state index in [0.29, 0.717) is 0 Å². The molecule has 1 heteroatoms. The van der Waals surface area contributed by atoms with Crippen molar-refractivity contribution in [1.82, 2.24) is 0 Å². The van der Waals surface area contributed by atoms with Crippen LogP contribution in [0.15, 0.2) is 97.1 Å². The second-order valence-electron chi connectivity index (χ2n) is 8.92. The molecule has 4 rings (SSSR count). The first-order valence-corrected chi connectivity index (χ1v) is 10.9. The first-order valence-electron chi connectivity index (χ1n) is 10.9. The second kappa shape index (κ2) is 8.81. The largest absolute Gasteiger partial charge is 0.457 e. The van der Waals surface area contributed by atoms with Crippen molar-refractivity contribution in [2.24, 2.45) is 0 Å². The van der Waals surface area contributed by atoms with Crippen molar-refractivity contribution in [3.8, 4) is 11.5 Å². The van der Waals surface area contributed by atoms with Crippen LogP contribution in [0.4, 0.5) is 0 Å². The van der Waals surface area contributed by atoms with Crippen molar-refractivity contribution in [2.45, 2.75) is 39.5 Å². The maximum atomic E-state index is 6.09. The van der Waals surface area contributed by atoms with Crippen molar-refractivity contribution in [3.05, 3.63) is 130 Å². The van der Waals surface area contributed by atoms with Crippen LogP contribution in [0.2, 0.25) is 0 Å². The second-order valence-corrected chi connectivity index (χ2v) is 8.92. The van der Waals surface area contributed by atoms with Crippen molar-refractivity contribution in [3.63, 3.8) is 0 Å². The Morgan fingerprint density at radius 3 is 1.35 bits per heavy atom. The summed E-state index contributed by atoms with van der Waals surface area (Å²) in [5.74, 6) is 1.72. The lowest BCUT2D eigenvalue weighted by molar-refractivity contribution is 0.481. The van der Waals surface area contributed by atoms with Crippen molar-refractivity contribution < 1.29 is 4.74 Å². The van der Waals surface area contributed by atoms with Crippen LogP contribution in [0.3, 0.4) is 0 Å². The number of rotatable bonds is 6. The summed E-state index contributed by atoms with van der Waals surface area (Å²) in [6.45, 7) is 8.77. The minimum Gasteiger partial charge on any atom is -0.457 e.